The predicted molar refractivity (Wildman–Crippen MR) is 77.6 cm³/mol. The molecule has 0 bridgehead atoms. The van der Waals surface area contributed by atoms with Gasteiger partial charge >= 0.3 is 5.97 Å². The number of rotatable bonds is 6. The molecular weight excluding hydrogens is 312 g/mol. The quantitative estimate of drug-likeness (QED) is 0.378. The molecule has 0 unspecified atom stereocenters. The van der Waals surface area contributed by atoms with Crippen LogP contribution >= 0.6 is 15.9 Å². The molecule has 1 N–H and O–H groups in total. The summed E-state index contributed by atoms with van der Waals surface area (Å²) < 4.78 is 9.90. The van der Waals surface area contributed by atoms with Gasteiger partial charge in [-0.05, 0) is 23.8 Å². The van der Waals surface area contributed by atoms with Gasteiger partial charge in [-0.25, -0.2) is 4.79 Å². The van der Waals surface area contributed by atoms with Gasteiger partial charge in [0.25, 0.3) is 0 Å². The molecule has 0 spiro atoms. The maximum Gasteiger partial charge on any atom is 0.331 e. The second kappa shape index (κ2) is 8.37. The molecule has 19 heavy (non-hydrogen) atoms. The molecule has 0 aromatic heterocycles. The lowest BCUT2D eigenvalue weighted by molar-refractivity contribution is -0.136. The fourth-order valence-corrected chi connectivity index (χ4v) is 1.54. The first-order valence-corrected chi connectivity index (χ1v) is 6.72. The number of hydrogen-bond donors (Lipinski definition) is 1. The van der Waals surface area contributed by atoms with Crippen LogP contribution in [-0.4, -0.2) is 30.1 Å². The van der Waals surface area contributed by atoms with Gasteiger partial charge in [0.2, 0.25) is 0 Å². The number of carbonyl (C=O) groups excluding carboxylic acids is 1. The summed E-state index contributed by atoms with van der Waals surface area (Å²) in [5.74, 6) is -0.0100. The fraction of sp³-hybridized carbons (Fsp3) is 0.214. The Bertz CT molecular complexity index is 480. The zero-order chi connectivity index (χ0) is 14.1. The summed E-state index contributed by atoms with van der Waals surface area (Å²) in [6.07, 6.45) is 6.53. The van der Waals surface area contributed by atoms with E-state index >= 15 is 0 Å². The Morgan fingerprint density at radius 3 is 2.89 bits per heavy atom. The Labute approximate surface area is 120 Å². The lowest BCUT2D eigenvalue weighted by Crippen LogP contribution is -1.99. The van der Waals surface area contributed by atoms with E-state index in [1.54, 1.807) is 24.3 Å². The molecule has 0 radical (unpaired) electrons. The van der Waals surface area contributed by atoms with Crippen LogP contribution in [0, 0.1) is 0 Å². The van der Waals surface area contributed by atoms with Gasteiger partial charge in [-0.15, -0.1) is 0 Å². The molecule has 5 heteroatoms. The molecule has 0 atom stereocenters. The van der Waals surface area contributed by atoms with Crippen molar-refractivity contribution in [2.24, 2.45) is 0 Å². The summed E-state index contributed by atoms with van der Waals surface area (Å²) in [4.78, 5) is 11.4. The van der Waals surface area contributed by atoms with Crippen LogP contribution in [0.3, 0.4) is 0 Å². The largest absolute Gasteiger partial charge is 0.504 e. The third kappa shape index (κ3) is 5.61. The van der Waals surface area contributed by atoms with E-state index in [0.29, 0.717) is 5.75 Å². The molecule has 102 valence electrons. The average molecular weight is 327 g/mol. The highest BCUT2D eigenvalue weighted by Gasteiger charge is 2.01. The van der Waals surface area contributed by atoms with Crippen LogP contribution < -0.4 is 4.74 Å². The number of alkyl halides is 1. The average Bonchev–Trinajstić information content (AvgIpc) is 2.42. The van der Waals surface area contributed by atoms with Gasteiger partial charge in [0, 0.05) is 11.4 Å². The Balaban J connectivity index is 2.56. The lowest BCUT2D eigenvalue weighted by atomic mass is 10.2. The third-order valence-corrected chi connectivity index (χ3v) is 2.57. The third-order valence-electron chi connectivity index (χ3n) is 2.19. The molecule has 0 amide bonds. The first-order valence-electron chi connectivity index (χ1n) is 5.60. The molecule has 1 rings (SSSR count). The predicted octanol–water partition coefficient (Wildman–Crippen LogP) is 2.91. The van der Waals surface area contributed by atoms with E-state index in [1.165, 1.54) is 19.3 Å². The SMILES string of the molecule is COc1cc(/C=C/C(=O)OC/C=C/CBr)ccc1O. The monoisotopic (exact) mass is 326 g/mol. The fourth-order valence-electron chi connectivity index (χ4n) is 1.27. The smallest absolute Gasteiger partial charge is 0.331 e. The molecule has 0 aliphatic heterocycles. The van der Waals surface area contributed by atoms with Crippen molar-refractivity contribution in [1.82, 2.24) is 0 Å². The molecule has 0 saturated carbocycles. The van der Waals surface area contributed by atoms with Crippen molar-refractivity contribution in [2.75, 3.05) is 19.0 Å². The van der Waals surface area contributed by atoms with Crippen LogP contribution in [0.4, 0.5) is 0 Å². The standard InChI is InChI=1S/C14H15BrO4/c1-18-13-10-11(4-6-12(13)16)5-7-14(17)19-9-3-2-8-15/h2-7,10,16H,8-9H2,1H3/b3-2+,7-5+. The van der Waals surface area contributed by atoms with Crippen molar-refractivity contribution in [1.29, 1.82) is 0 Å². The molecule has 1 aromatic carbocycles. The van der Waals surface area contributed by atoms with Gasteiger partial charge in [-0.2, -0.15) is 0 Å². The van der Waals surface area contributed by atoms with Gasteiger partial charge in [0.15, 0.2) is 11.5 Å². The Kier molecular flexibility index (Phi) is 6.74. The molecule has 0 fully saturated rings. The van der Waals surface area contributed by atoms with Crippen LogP contribution in [0.2, 0.25) is 0 Å². The second-order valence-corrected chi connectivity index (χ2v) is 4.17. The minimum absolute atomic E-state index is 0.0575. The Morgan fingerprint density at radius 2 is 2.21 bits per heavy atom. The highest BCUT2D eigenvalue weighted by Crippen LogP contribution is 2.26. The van der Waals surface area contributed by atoms with Crippen molar-refractivity contribution in [2.45, 2.75) is 0 Å². The highest BCUT2D eigenvalue weighted by atomic mass is 79.9. The van der Waals surface area contributed by atoms with Crippen LogP contribution in [0.1, 0.15) is 5.56 Å². The van der Waals surface area contributed by atoms with Gasteiger partial charge in [-0.3, -0.25) is 0 Å². The summed E-state index contributed by atoms with van der Waals surface area (Å²) in [6.45, 7) is 0.244. The second-order valence-electron chi connectivity index (χ2n) is 3.52. The zero-order valence-electron chi connectivity index (χ0n) is 10.5. The number of hydrogen-bond acceptors (Lipinski definition) is 4. The van der Waals surface area contributed by atoms with Gasteiger partial charge in [-0.1, -0.05) is 34.1 Å². The van der Waals surface area contributed by atoms with E-state index in [4.69, 9.17) is 9.47 Å². The van der Waals surface area contributed by atoms with E-state index < -0.39 is 5.97 Å². The number of aromatic hydroxyl groups is 1. The van der Waals surface area contributed by atoms with Crippen molar-refractivity contribution in [3.63, 3.8) is 0 Å². The van der Waals surface area contributed by atoms with Crippen LogP contribution in [0.25, 0.3) is 6.08 Å². The number of phenolic OH excluding ortho intramolecular Hbond substituents is 1. The summed E-state index contributed by atoms with van der Waals surface area (Å²) in [6, 6.07) is 4.80. The zero-order valence-corrected chi connectivity index (χ0v) is 12.1. The Hall–Kier alpha value is -1.75. The minimum atomic E-state index is -0.425. The molecule has 0 saturated heterocycles. The maximum atomic E-state index is 11.4. The first-order chi connectivity index (χ1) is 9.17. The first kappa shape index (κ1) is 15.3. The number of ether oxygens (including phenoxy) is 2. The van der Waals surface area contributed by atoms with E-state index in [9.17, 15) is 9.90 Å². The number of halogens is 1. The van der Waals surface area contributed by atoms with Gasteiger partial charge in [0.1, 0.15) is 6.61 Å². The number of benzene rings is 1. The van der Waals surface area contributed by atoms with E-state index in [1.807, 2.05) is 6.08 Å². The number of carbonyl (C=O) groups is 1. The van der Waals surface area contributed by atoms with Crippen LogP contribution in [0.15, 0.2) is 36.4 Å². The number of esters is 1. The summed E-state index contributed by atoms with van der Waals surface area (Å²) in [5.41, 5.74) is 0.739. The summed E-state index contributed by atoms with van der Waals surface area (Å²) >= 11 is 3.22. The van der Waals surface area contributed by atoms with E-state index in [2.05, 4.69) is 15.9 Å². The van der Waals surface area contributed by atoms with Gasteiger partial charge in [0.05, 0.1) is 7.11 Å². The normalized spacial score (nSPS) is 11.1. The van der Waals surface area contributed by atoms with Crippen LogP contribution in [-0.2, 0) is 9.53 Å². The molecule has 4 nitrogen and oxygen atoms in total. The number of allylic oxidation sites excluding steroid dienone is 1. The minimum Gasteiger partial charge on any atom is -0.504 e. The van der Waals surface area contributed by atoms with Crippen molar-refractivity contribution < 1.29 is 19.4 Å². The molecular formula is C14H15BrO4. The van der Waals surface area contributed by atoms with Gasteiger partial charge < -0.3 is 14.6 Å². The summed E-state index contributed by atoms with van der Waals surface area (Å²) in [7, 11) is 1.47. The topological polar surface area (TPSA) is 55.8 Å². The summed E-state index contributed by atoms with van der Waals surface area (Å²) in [5, 5.41) is 10.2. The molecule has 0 aliphatic rings. The van der Waals surface area contributed by atoms with E-state index in [0.717, 1.165) is 10.9 Å². The van der Waals surface area contributed by atoms with E-state index in [-0.39, 0.29) is 12.4 Å². The van der Waals surface area contributed by atoms with Crippen LogP contribution in [0.5, 0.6) is 11.5 Å². The molecule has 0 aliphatic carbocycles. The Morgan fingerprint density at radius 1 is 1.42 bits per heavy atom. The highest BCUT2D eigenvalue weighted by molar-refractivity contribution is 9.09. The van der Waals surface area contributed by atoms with Crippen molar-refractivity contribution >= 4 is 28.0 Å². The molecule has 1 aromatic rings. The van der Waals surface area contributed by atoms with Crippen molar-refractivity contribution in [3.8, 4) is 11.5 Å². The lowest BCUT2D eigenvalue weighted by Gasteiger charge is -2.03. The van der Waals surface area contributed by atoms with Crippen molar-refractivity contribution in [3.05, 3.63) is 42.0 Å². The number of methoxy groups -OCH3 is 1. The maximum absolute atomic E-state index is 11.4. The molecule has 0 heterocycles. The number of phenols is 1.